The molecule has 9 rings (SSSR count). The van der Waals surface area contributed by atoms with Crippen LogP contribution in [0.2, 0.25) is 0 Å². The van der Waals surface area contributed by atoms with E-state index in [0.29, 0.717) is 0 Å². The van der Waals surface area contributed by atoms with Crippen LogP contribution in [-0.2, 0) is 5.41 Å². The van der Waals surface area contributed by atoms with Crippen LogP contribution < -0.4 is 4.90 Å². The maximum absolute atomic E-state index is 2.44. The number of anilines is 3. The van der Waals surface area contributed by atoms with Crippen molar-refractivity contribution in [2.24, 2.45) is 0 Å². The Hall–Kier alpha value is -5.66. The summed E-state index contributed by atoms with van der Waals surface area (Å²) in [7, 11) is 0. The van der Waals surface area contributed by atoms with Gasteiger partial charge in [-0.3, -0.25) is 0 Å². The first-order chi connectivity index (χ1) is 21.9. The van der Waals surface area contributed by atoms with Crippen LogP contribution >= 0.6 is 0 Å². The van der Waals surface area contributed by atoms with Gasteiger partial charge in [0.25, 0.3) is 0 Å². The number of benzene rings is 7. The van der Waals surface area contributed by atoms with Crippen LogP contribution in [0.4, 0.5) is 17.1 Å². The Morgan fingerprint density at radius 3 is 1.50 bits per heavy atom. The number of fused-ring (bicyclic) bond motifs is 10. The quantitative estimate of drug-likeness (QED) is 0.207. The van der Waals surface area contributed by atoms with Gasteiger partial charge in [0, 0.05) is 16.9 Å². The number of hydrogen-bond donors (Lipinski definition) is 0. The summed E-state index contributed by atoms with van der Waals surface area (Å²) in [5, 5.41) is 0. The fraction of sp³-hybridized carbons (Fsp3) is 0.0233. The van der Waals surface area contributed by atoms with Crippen molar-refractivity contribution in [3.63, 3.8) is 0 Å². The van der Waals surface area contributed by atoms with E-state index in [0.717, 1.165) is 11.4 Å². The van der Waals surface area contributed by atoms with Crippen molar-refractivity contribution in [2.45, 2.75) is 5.41 Å². The molecule has 2 aliphatic carbocycles. The molecular weight excluding hydrogens is 530 g/mol. The average Bonchev–Trinajstić information content (AvgIpc) is 3.58. The number of para-hydroxylation sites is 1. The van der Waals surface area contributed by atoms with Crippen molar-refractivity contribution in [3.8, 4) is 33.4 Å². The maximum Gasteiger partial charge on any atom is 0.0726 e. The van der Waals surface area contributed by atoms with Crippen LogP contribution in [-0.4, -0.2) is 0 Å². The highest BCUT2D eigenvalue weighted by Crippen LogP contribution is 2.64. The molecule has 1 nitrogen and oxygen atoms in total. The molecule has 0 heterocycles. The Balaban J connectivity index is 1.35. The second-order valence-corrected chi connectivity index (χ2v) is 11.7. The summed E-state index contributed by atoms with van der Waals surface area (Å²) in [6.07, 6.45) is 0. The van der Waals surface area contributed by atoms with Crippen LogP contribution in [0.25, 0.3) is 33.4 Å². The molecule has 0 fully saturated rings. The standard InChI is InChI=1S/C43H29N/c1-3-15-30(16-4-1)31-17-13-20-33(29-31)44(32-18-5-2-6-19-32)41-28-14-27-40-42(41)36-23-9-12-26-39(36)43(40)37-24-10-7-21-34(37)35-22-8-11-25-38(35)43/h1-29H. The third kappa shape index (κ3) is 3.41. The van der Waals surface area contributed by atoms with E-state index in [4.69, 9.17) is 0 Å². The van der Waals surface area contributed by atoms with Gasteiger partial charge >= 0.3 is 0 Å². The van der Waals surface area contributed by atoms with Crippen LogP contribution in [0.3, 0.4) is 0 Å². The van der Waals surface area contributed by atoms with E-state index in [1.54, 1.807) is 0 Å². The third-order valence-corrected chi connectivity index (χ3v) is 9.47. The first kappa shape index (κ1) is 24.9. The van der Waals surface area contributed by atoms with Crippen molar-refractivity contribution >= 4 is 17.1 Å². The molecule has 44 heavy (non-hydrogen) atoms. The van der Waals surface area contributed by atoms with Crippen molar-refractivity contribution in [2.75, 3.05) is 4.90 Å². The van der Waals surface area contributed by atoms with Gasteiger partial charge in [-0.25, -0.2) is 0 Å². The molecule has 7 aromatic carbocycles. The van der Waals surface area contributed by atoms with Gasteiger partial charge in [0.05, 0.1) is 11.1 Å². The summed E-state index contributed by atoms with van der Waals surface area (Å²) in [5.74, 6) is 0. The molecule has 0 bridgehead atoms. The van der Waals surface area contributed by atoms with Gasteiger partial charge < -0.3 is 4.90 Å². The van der Waals surface area contributed by atoms with Gasteiger partial charge in [0.1, 0.15) is 0 Å². The molecule has 0 saturated carbocycles. The van der Waals surface area contributed by atoms with Gasteiger partial charge in [-0.15, -0.1) is 0 Å². The van der Waals surface area contributed by atoms with Crippen LogP contribution in [0, 0.1) is 0 Å². The molecule has 2 aliphatic rings. The van der Waals surface area contributed by atoms with E-state index in [1.165, 1.54) is 61.3 Å². The first-order valence-electron chi connectivity index (χ1n) is 15.3. The second kappa shape index (κ2) is 9.69. The van der Waals surface area contributed by atoms with E-state index >= 15 is 0 Å². The van der Waals surface area contributed by atoms with E-state index in [-0.39, 0.29) is 5.41 Å². The largest absolute Gasteiger partial charge is 0.310 e. The predicted octanol–water partition coefficient (Wildman–Crippen LogP) is 11.2. The minimum absolute atomic E-state index is 0.372. The highest BCUT2D eigenvalue weighted by Gasteiger charge is 2.52. The fourth-order valence-corrected chi connectivity index (χ4v) is 7.77. The fourth-order valence-electron chi connectivity index (χ4n) is 7.77. The molecule has 0 saturated heterocycles. The van der Waals surface area contributed by atoms with E-state index in [9.17, 15) is 0 Å². The Morgan fingerprint density at radius 2 is 0.818 bits per heavy atom. The Kier molecular flexibility index (Phi) is 5.48. The minimum atomic E-state index is -0.372. The molecule has 0 aromatic heterocycles. The normalized spacial score (nSPS) is 13.2. The highest BCUT2D eigenvalue weighted by atomic mass is 15.1. The van der Waals surface area contributed by atoms with Crippen molar-refractivity contribution in [3.05, 3.63) is 198 Å². The molecular formula is C43H29N. The van der Waals surface area contributed by atoms with Crippen molar-refractivity contribution in [1.82, 2.24) is 0 Å². The molecule has 0 aliphatic heterocycles. The predicted molar refractivity (Wildman–Crippen MR) is 183 cm³/mol. The van der Waals surface area contributed by atoms with Crippen molar-refractivity contribution < 1.29 is 0 Å². The monoisotopic (exact) mass is 559 g/mol. The first-order valence-corrected chi connectivity index (χ1v) is 15.3. The minimum Gasteiger partial charge on any atom is -0.310 e. The zero-order valence-electron chi connectivity index (χ0n) is 24.2. The van der Waals surface area contributed by atoms with Gasteiger partial charge in [0.2, 0.25) is 0 Å². The lowest BCUT2D eigenvalue weighted by Gasteiger charge is -2.32. The number of nitrogens with zero attached hydrogens (tertiary/aromatic N) is 1. The lowest BCUT2D eigenvalue weighted by molar-refractivity contribution is 0.794. The van der Waals surface area contributed by atoms with Gasteiger partial charge in [-0.05, 0) is 80.4 Å². The molecule has 0 unspecified atom stereocenters. The van der Waals surface area contributed by atoms with Gasteiger partial charge in [-0.2, -0.15) is 0 Å². The van der Waals surface area contributed by atoms with Crippen LogP contribution in [0.1, 0.15) is 22.3 Å². The van der Waals surface area contributed by atoms with Gasteiger partial charge in [-0.1, -0.05) is 146 Å². The molecule has 0 amide bonds. The SMILES string of the molecule is c1ccc(-c2cccc(N(c3ccccc3)c3cccc4c3-c3ccccc3C43c4ccccc4-c4ccccc43)c2)cc1. The number of rotatable bonds is 4. The van der Waals surface area contributed by atoms with Gasteiger partial charge in [0.15, 0.2) is 0 Å². The summed E-state index contributed by atoms with van der Waals surface area (Å²) in [5.41, 5.74) is 16.2. The lowest BCUT2D eigenvalue weighted by atomic mass is 9.70. The molecule has 1 spiro atoms. The summed E-state index contributed by atoms with van der Waals surface area (Å²) in [4.78, 5) is 2.44. The van der Waals surface area contributed by atoms with Crippen molar-refractivity contribution in [1.29, 1.82) is 0 Å². The molecule has 1 heteroatoms. The smallest absolute Gasteiger partial charge is 0.0726 e. The topological polar surface area (TPSA) is 3.24 Å². The highest BCUT2D eigenvalue weighted by molar-refractivity contribution is 6.01. The van der Waals surface area contributed by atoms with E-state index in [2.05, 4.69) is 181 Å². The summed E-state index contributed by atoms with van der Waals surface area (Å²) >= 11 is 0. The molecule has 0 radical (unpaired) electrons. The third-order valence-electron chi connectivity index (χ3n) is 9.47. The lowest BCUT2D eigenvalue weighted by Crippen LogP contribution is -2.26. The molecule has 0 N–H and O–H groups in total. The summed E-state index contributed by atoms with van der Waals surface area (Å²) in [6, 6.07) is 64.3. The molecule has 0 atom stereocenters. The van der Waals surface area contributed by atoms with Crippen LogP contribution in [0.15, 0.2) is 176 Å². The second-order valence-electron chi connectivity index (χ2n) is 11.7. The number of hydrogen-bond acceptors (Lipinski definition) is 1. The Morgan fingerprint density at radius 1 is 0.341 bits per heavy atom. The summed E-state index contributed by atoms with van der Waals surface area (Å²) in [6.45, 7) is 0. The van der Waals surface area contributed by atoms with Crippen LogP contribution in [0.5, 0.6) is 0 Å². The Labute approximate surface area is 258 Å². The summed E-state index contributed by atoms with van der Waals surface area (Å²) < 4.78 is 0. The zero-order valence-corrected chi connectivity index (χ0v) is 24.2. The maximum atomic E-state index is 2.44. The Bertz CT molecular complexity index is 2130. The van der Waals surface area contributed by atoms with E-state index < -0.39 is 0 Å². The molecule has 206 valence electrons. The average molecular weight is 560 g/mol. The van der Waals surface area contributed by atoms with E-state index in [1.807, 2.05) is 0 Å². The zero-order chi connectivity index (χ0) is 29.1. The molecule has 7 aromatic rings.